The van der Waals surface area contributed by atoms with Crippen LogP contribution in [0.1, 0.15) is 16.7 Å². The van der Waals surface area contributed by atoms with Crippen LogP contribution in [0.2, 0.25) is 0 Å². The van der Waals surface area contributed by atoms with Crippen LogP contribution >= 0.6 is 0 Å². The van der Waals surface area contributed by atoms with Gasteiger partial charge < -0.3 is 5.32 Å². The zero-order chi connectivity index (χ0) is 14.3. The summed E-state index contributed by atoms with van der Waals surface area (Å²) in [7, 11) is 0. The monoisotopic (exact) mass is 273 g/mol. The third kappa shape index (κ3) is 3.73. The maximum absolute atomic E-state index is 3.55. The van der Waals surface area contributed by atoms with Crippen LogP contribution in [-0.2, 0) is 13.0 Å². The predicted molar refractivity (Wildman–Crippen MR) is 89.5 cm³/mol. The average Bonchev–Trinajstić information content (AvgIpc) is 2.56. The average molecular weight is 273 g/mol. The molecule has 3 aromatic rings. The fourth-order valence-electron chi connectivity index (χ4n) is 2.46. The molecule has 1 heteroatoms. The lowest BCUT2D eigenvalue weighted by Gasteiger charge is -2.12. The van der Waals surface area contributed by atoms with Gasteiger partial charge in [0.25, 0.3) is 0 Å². The van der Waals surface area contributed by atoms with Gasteiger partial charge in [-0.2, -0.15) is 0 Å². The molecule has 0 aliphatic rings. The lowest BCUT2D eigenvalue weighted by atomic mass is 10.0. The van der Waals surface area contributed by atoms with E-state index in [0.29, 0.717) is 0 Å². The Morgan fingerprint density at radius 3 is 1.86 bits per heavy atom. The first-order valence-electron chi connectivity index (χ1n) is 7.31. The Bertz CT molecular complexity index is 674. The van der Waals surface area contributed by atoms with E-state index in [-0.39, 0.29) is 0 Å². The van der Waals surface area contributed by atoms with Crippen molar-refractivity contribution in [2.24, 2.45) is 0 Å². The molecule has 0 fully saturated rings. The van der Waals surface area contributed by atoms with Crippen LogP contribution in [0.25, 0.3) is 0 Å². The SMILES string of the molecule is c1ccc(CNc2ccccc2Cc2ccccc2)cc1. The topological polar surface area (TPSA) is 12.0 Å². The number of hydrogen-bond acceptors (Lipinski definition) is 1. The summed E-state index contributed by atoms with van der Waals surface area (Å²) in [5.41, 5.74) is 5.18. The summed E-state index contributed by atoms with van der Waals surface area (Å²) in [5.74, 6) is 0. The van der Waals surface area contributed by atoms with Gasteiger partial charge in [-0.15, -0.1) is 0 Å². The molecule has 0 saturated heterocycles. The molecule has 1 nitrogen and oxygen atoms in total. The van der Waals surface area contributed by atoms with Crippen LogP contribution in [0.15, 0.2) is 84.9 Å². The Morgan fingerprint density at radius 2 is 1.14 bits per heavy atom. The predicted octanol–water partition coefficient (Wildman–Crippen LogP) is 4.89. The number of benzene rings is 3. The summed E-state index contributed by atoms with van der Waals surface area (Å²) in [6, 6.07) is 29.6. The number of rotatable bonds is 5. The summed E-state index contributed by atoms with van der Waals surface area (Å²) in [5, 5.41) is 3.55. The molecule has 3 rings (SSSR count). The number of nitrogens with one attached hydrogen (secondary N) is 1. The van der Waals surface area contributed by atoms with E-state index in [1.165, 1.54) is 22.4 Å². The minimum atomic E-state index is 0.854. The van der Waals surface area contributed by atoms with E-state index >= 15 is 0 Å². The molecule has 0 radical (unpaired) electrons. The molecule has 0 amide bonds. The third-order valence-electron chi connectivity index (χ3n) is 3.58. The summed E-state index contributed by atoms with van der Waals surface area (Å²) in [6.07, 6.45) is 0.957. The first-order valence-corrected chi connectivity index (χ1v) is 7.31. The first kappa shape index (κ1) is 13.4. The minimum absolute atomic E-state index is 0.854. The van der Waals surface area contributed by atoms with Crippen molar-refractivity contribution in [1.82, 2.24) is 0 Å². The van der Waals surface area contributed by atoms with E-state index in [4.69, 9.17) is 0 Å². The Labute approximate surface area is 126 Å². The summed E-state index contributed by atoms with van der Waals surface area (Å²) in [4.78, 5) is 0. The summed E-state index contributed by atoms with van der Waals surface area (Å²) in [6.45, 7) is 0.854. The second-order valence-electron chi connectivity index (χ2n) is 5.16. The van der Waals surface area contributed by atoms with Crippen molar-refractivity contribution in [1.29, 1.82) is 0 Å². The molecule has 0 saturated carbocycles. The lowest BCUT2D eigenvalue weighted by Crippen LogP contribution is -2.02. The molecule has 0 unspecified atom stereocenters. The molecule has 21 heavy (non-hydrogen) atoms. The molecule has 0 atom stereocenters. The number of anilines is 1. The number of para-hydroxylation sites is 1. The van der Waals surface area contributed by atoms with Gasteiger partial charge in [0.05, 0.1) is 0 Å². The number of hydrogen-bond donors (Lipinski definition) is 1. The maximum Gasteiger partial charge on any atom is 0.0400 e. The van der Waals surface area contributed by atoms with Crippen molar-refractivity contribution < 1.29 is 0 Å². The second-order valence-corrected chi connectivity index (χ2v) is 5.16. The van der Waals surface area contributed by atoms with Gasteiger partial charge in [0.2, 0.25) is 0 Å². The van der Waals surface area contributed by atoms with E-state index in [2.05, 4.69) is 84.2 Å². The summed E-state index contributed by atoms with van der Waals surface area (Å²) >= 11 is 0. The van der Waals surface area contributed by atoms with Gasteiger partial charge in [0.15, 0.2) is 0 Å². The minimum Gasteiger partial charge on any atom is -0.381 e. The van der Waals surface area contributed by atoms with E-state index in [9.17, 15) is 0 Å². The van der Waals surface area contributed by atoms with Gasteiger partial charge >= 0.3 is 0 Å². The quantitative estimate of drug-likeness (QED) is 0.698. The Balaban J connectivity index is 1.73. The first-order chi connectivity index (χ1) is 10.4. The van der Waals surface area contributed by atoms with Crippen LogP contribution < -0.4 is 5.32 Å². The van der Waals surface area contributed by atoms with E-state index in [1.807, 2.05) is 6.07 Å². The van der Waals surface area contributed by atoms with Gasteiger partial charge in [-0.1, -0.05) is 78.9 Å². The summed E-state index contributed by atoms with van der Waals surface area (Å²) < 4.78 is 0. The maximum atomic E-state index is 3.55. The molecular weight excluding hydrogens is 254 g/mol. The zero-order valence-corrected chi connectivity index (χ0v) is 12.0. The standard InChI is InChI=1S/C20H19N/c1-3-9-17(10-4-1)15-19-13-7-8-14-20(19)21-16-18-11-5-2-6-12-18/h1-14,21H,15-16H2. The molecule has 0 heterocycles. The highest BCUT2D eigenvalue weighted by molar-refractivity contribution is 5.53. The van der Waals surface area contributed by atoms with Crippen molar-refractivity contribution in [3.8, 4) is 0 Å². The van der Waals surface area contributed by atoms with Crippen LogP contribution in [-0.4, -0.2) is 0 Å². The van der Waals surface area contributed by atoms with Gasteiger partial charge in [-0.3, -0.25) is 0 Å². The Morgan fingerprint density at radius 1 is 0.571 bits per heavy atom. The normalized spacial score (nSPS) is 10.3. The smallest absolute Gasteiger partial charge is 0.0400 e. The van der Waals surface area contributed by atoms with Gasteiger partial charge in [0.1, 0.15) is 0 Å². The van der Waals surface area contributed by atoms with Crippen molar-refractivity contribution >= 4 is 5.69 Å². The molecule has 0 bridgehead atoms. The van der Waals surface area contributed by atoms with E-state index < -0.39 is 0 Å². The highest BCUT2D eigenvalue weighted by Crippen LogP contribution is 2.19. The van der Waals surface area contributed by atoms with Crippen LogP contribution in [0.3, 0.4) is 0 Å². The van der Waals surface area contributed by atoms with Crippen LogP contribution in [0.4, 0.5) is 5.69 Å². The third-order valence-corrected chi connectivity index (χ3v) is 3.58. The van der Waals surface area contributed by atoms with E-state index in [1.54, 1.807) is 0 Å². The zero-order valence-electron chi connectivity index (χ0n) is 12.0. The van der Waals surface area contributed by atoms with Crippen molar-refractivity contribution in [3.05, 3.63) is 102 Å². The molecular formula is C20H19N. The fraction of sp³-hybridized carbons (Fsp3) is 0.100. The highest BCUT2D eigenvalue weighted by atomic mass is 14.9. The van der Waals surface area contributed by atoms with Crippen molar-refractivity contribution in [3.63, 3.8) is 0 Å². The molecule has 0 aliphatic heterocycles. The van der Waals surface area contributed by atoms with Crippen molar-refractivity contribution in [2.45, 2.75) is 13.0 Å². The van der Waals surface area contributed by atoms with Crippen LogP contribution in [0.5, 0.6) is 0 Å². The second kappa shape index (κ2) is 6.76. The van der Waals surface area contributed by atoms with Crippen LogP contribution in [0, 0.1) is 0 Å². The molecule has 1 N–H and O–H groups in total. The Hall–Kier alpha value is -2.54. The highest BCUT2D eigenvalue weighted by Gasteiger charge is 2.02. The molecule has 0 aromatic heterocycles. The lowest BCUT2D eigenvalue weighted by molar-refractivity contribution is 1.11. The largest absolute Gasteiger partial charge is 0.381 e. The van der Waals surface area contributed by atoms with E-state index in [0.717, 1.165) is 13.0 Å². The van der Waals surface area contributed by atoms with Gasteiger partial charge in [-0.05, 0) is 29.2 Å². The van der Waals surface area contributed by atoms with Gasteiger partial charge in [0, 0.05) is 12.2 Å². The molecule has 3 aromatic carbocycles. The molecule has 0 aliphatic carbocycles. The molecule has 0 spiro atoms. The van der Waals surface area contributed by atoms with Gasteiger partial charge in [-0.25, -0.2) is 0 Å². The van der Waals surface area contributed by atoms with Crippen molar-refractivity contribution in [2.75, 3.05) is 5.32 Å². The Kier molecular flexibility index (Phi) is 4.33. The fourth-order valence-corrected chi connectivity index (χ4v) is 2.46. The molecule has 104 valence electrons.